The van der Waals surface area contributed by atoms with Gasteiger partial charge in [-0.05, 0) is 53.4 Å². The third-order valence-corrected chi connectivity index (χ3v) is 4.92. The maximum Gasteiger partial charge on any atom is 0.241 e. The smallest absolute Gasteiger partial charge is 0.241 e. The van der Waals surface area contributed by atoms with Gasteiger partial charge >= 0.3 is 0 Å². The lowest BCUT2D eigenvalue weighted by molar-refractivity contribution is 0.292. The van der Waals surface area contributed by atoms with E-state index in [1.165, 1.54) is 5.56 Å². The van der Waals surface area contributed by atoms with E-state index in [2.05, 4.69) is 33.4 Å². The first-order valence-corrected chi connectivity index (χ1v) is 10.3. The molecule has 0 saturated carbocycles. The Balaban J connectivity index is 1.37. The molecule has 2 heterocycles. The minimum absolute atomic E-state index is 0.438. The third-order valence-electron chi connectivity index (χ3n) is 4.92. The minimum atomic E-state index is 0.438. The van der Waals surface area contributed by atoms with Gasteiger partial charge in [0.1, 0.15) is 6.61 Å². The molecule has 0 aliphatic heterocycles. The molecule has 2 aromatic carbocycles. The van der Waals surface area contributed by atoms with Crippen molar-refractivity contribution in [1.82, 2.24) is 14.8 Å². The van der Waals surface area contributed by atoms with Crippen molar-refractivity contribution >= 4 is 17.7 Å². The molecule has 31 heavy (non-hydrogen) atoms. The van der Waals surface area contributed by atoms with Crippen molar-refractivity contribution in [2.45, 2.75) is 20.0 Å². The SMILES string of the molecule is CCc1ccccc1N=CNc1ccc(COc2nn(C)cc2-c2ccncc2)cc1. The minimum Gasteiger partial charge on any atom is -0.471 e. The fraction of sp³-hybridized carbons (Fsp3) is 0.160. The number of hydrogen-bond acceptors (Lipinski definition) is 4. The van der Waals surface area contributed by atoms with Crippen LogP contribution in [0.15, 0.2) is 84.2 Å². The van der Waals surface area contributed by atoms with E-state index in [9.17, 15) is 0 Å². The summed E-state index contributed by atoms with van der Waals surface area (Å²) >= 11 is 0. The molecule has 2 aromatic heterocycles. The number of benzene rings is 2. The van der Waals surface area contributed by atoms with Crippen LogP contribution in [0.4, 0.5) is 11.4 Å². The molecule has 6 nitrogen and oxygen atoms in total. The number of aryl methyl sites for hydroxylation is 2. The topological polar surface area (TPSA) is 64.3 Å². The Labute approximate surface area is 182 Å². The lowest BCUT2D eigenvalue weighted by Crippen LogP contribution is -1.99. The Kier molecular flexibility index (Phi) is 6.38. The van der Waals surface area contributed by atoms with Gasteiger partial charge in [0, 0.05) is 31.3 Å². The highest BCUT2D eigenvalue weighted by Crippen LogP contribution is 2.28. The largest absolute Gasteiger partial charge is 0.471 e. The lowest BCUT2D eigenvalue weighted by Gasteiger charge is -2.07. The molecule has 6 heteroatoms. The number of rotatable bonds is 8. The number of para-hydroxylation sites is 1. The highest BCUT2D eigenvalue weighted by Gasteiger charge is 2.11. The first kappa shape index (κ1) is 20.3. The van der Waals surface area contributed by atoms with E-state index >= 15 is 0 Å². The van der Waals surface area contributed by atoms with E-state index in [0.717, 1.165) is 34.5 Å². The maximum absolute atomic E-state index is 6.00. The monoisotopic (exact) mass is 411 g/mol. The van der Waals surface area contributed by atoms with Crippen molar-refractivity contribution in [3.05, 3.63) is 90.4 Å². The van der Waals surface area contributed by atoms with Crippen molar-refractivity contribution < 1.29 is 4.74 Å². The van der Waals surface area contributed by atoms with E-state index in [-0.39, 0.29) is 0 Å². The zero-order valence-corrected chi connectivity index (χ0v) is 17.7. The number of nitrogens with one attached hydrogen (secondary N) is 1. The third kappa shape index (κ3) is 5.17. The molecule has 0 unspecified atom stereocenters. The van der Waals surface area contributed by atoms with Gasteiger partial charge in [0.2, 0.25) is 5.88 Å². The van der Waals surface area contributed by atoms with Crippen LogP contribution >= 0.6 is 0 Å². The molecule has 0 radical (unpaired) electrons. The van der Waals surface area contributed by atoms with Crippen molar-refractivity contribution in [3.63, 3.8) is 0 Å². The number of anilines is 1. The van der Waals surface area contributed by atoms with Crippen LogP contribution in [0.25, 0.3) is 11.1 Å². The Morgan fingerprint density at radius 1 is 1.03 bits per heavy atom. The summed E-state index contributed by atoms with van der Waals surface area (Å²) in [5, 5.41) is 7.67. The predicted molar refractivity (Wildman–Crippen MR) is 125 cm³/mol. The van der Waals surface area contributed by atoms with Crippen molar-refractivity contribution in [1.29, 1.82) is 0 Å². The molecule has 156 valence electrons. The number of aromatic nitrogens is 3. The molecule has 4 rings (SSSR count). The zero-order chi connectivity index (χ0) is 21.5. The average Bonchev–Trinajstić information content (AvgIpc) is 3.20. The first-order valence-electron chi connectivity index (χ1n) is 10.3. The number of ether oxygens (including phenoxy) is 1. The Morgan fingerprint density at radius 2 is 1.81 bits per heavy atom. The fourth-order valence-electron chi connectivity index (χ4n) is 3.27. The molecule has 1 N–H and O–H groups in total. The quantitative estimate of drug-likeness (QED) is 0.312. The van der Waals surface area contributed by atoms with E-state index in [4.69, 9.17) is 4.74 Å². The van der Waals surface area contributed by atoms with Crippen molar-refractivity contribution in [3.8, 4) is 17.0 Å². The summed E-state index contributed by atoms with van der Waals surface area (Å²) in [5.41, 5.74) is 6.23. The van der Waals surface area contributed by atoms with E-state index in [1.807, 2.05) is 67.8 Å². The standard InChI is InChI=1S/C25H25N5O/c1-3-20-6-4-5-7-24(20)28-18-27-22-10-8-19(9-11-22)17-31-25-23(16-30(2)29-25)21-12-14-26-15-13-21/h4-16,18H,3,17H2,1-2H3,(H,27,28). The van der Waals surface area contributed by atoms with Crippen LogP contribution in [0.5, 0.6) is 5.88 Å². The summed E-state index contributed by atoms with van der Waals surface area (Å²) in [4.78, 5) is 8.61. The summed E-state index contributed by atoms with van der Waals surface area (Å²) in [5.74, 6) is 0.609. The summed E-state index contributed by atoms with van der Waals surface area (Å²) in [7, 11) is 1.89. The zero-order valence-electron chi connectivity index (χ0n) is 17.7. The Morgan fingerprint density at radius 3 is 2.58 bits per heavy atom. The second kappa shape index (κ2) is 9.71. The molecular weight excluding hydrogens is 386 g/mol. The van der Waals surface area contributed by atoms with Crippen LogP contribution in [0.2, 0.25) is 0 Å². The summed E-state index contributed by atoms with van der Waals surface area (Å²) in [6.07, 6.45) is 8.17. The summed E-state index contributed by atoms with van der Waals surface area (Å²) < 4.78 is 7.76. The van der Waals surface area contributed by atoms with Gasteiger partial charge in [0.15, 0.2) is 0 Å². The number of aliphatic imine (C=N–C) groups is 1. The summed E-state index contributed by atoms with van der Waals surface area (Å²) in [6.45, 7) is 2.57. The second-order valence-corrected chi connectivity index (χ2v) is 7.13. The normalized spacial score (nSPS) is 11.0. The number of pyridine rings is 1. The van der Waals surface area contributed by atoms with Crippen LogP contribution in [0.3, 0.4) is 0 Å². The van der Waals surface area contributed by atoms with Crippen LogP contribution in [0, 0.1) is 0 Å². The van der Waals surface area contributed by atoms with Gasteiger partial charge in [0.05, 0.1) is 17.6 Å². The molecule has 0 spiro atoms. The van der Waals surface area contributed by atoms with Gasteiger partial charge in [-0.2, -0.15) is 0 Å². The molecule has 0 saturated heterocycles. The predicted octanol–water partition coefficient (Wildman–Crippen LogP) is 5.40. The molecule has 0 aliphatic carbocycles. The van der Waals surface area contributed by atoms with Crippen LogP contribution in [0.1, 0.15) is 18.1 Å². The molecule has 0 amide bonds. The van der Waals surface area contributed by atoms with E-state index in [0.29, 0.717) is 12.5 Å². The molecule has 4 aromatic rings. The van der Waals surface area contributed by atoms with Gasteiger partial charge in [-0.1, -0.05) is 37.3 Å². The van der Waals surface area contributed by atoms with Gasteiger partial charge in [-0.15, -0.1) is 5.10 Å². The second-order valence-electron chi connectivity index (χ2n) is 7.13. The number of hydrogen-bond donors (Lipinski definition) is 1. The van der Waals surface area contributed by atoms with Gasteiger partial charge < -0.3 is 10.1 Å². The molecule has 0 bridgehead atoms. The Bertz CT molecular complexity index is 1150. The molecule has 0 fully saturated rings. The first-order chi connectivity index (χ1) is 15.2. The Hall–Kier alpha value is -3.93. The maximum atomic E-state index is 6.00. The molecular formula is C25H25N5O. The highest BCUT2D eigenvalue weighted by atomic mass is 16.5. The van der Waals surface area contributed by atoms with Crippen LogP contribution < -0.4 is 10.1 Å². The molecule has 0 aliphatic rings. The number of nitrogens with zero attached hydrogens (tertiary/aromatic N) is 4. The van der Waals surface area contributed by atoms with E-state index < -0.39 is 0 Å². The van der Waals surface area contributed by atoms with Crippen molar-refractivity contribution in [2.24, 2.45) is 12.0 Å². The lowest BCUT2D eigenvalue weighted by atomic mass is 10.1. The molecule has 0 atom stereocenters. The van der Waals surface area contributed by atoms with Crippen LogP contribution in [-0.2, 0) is 20.1 Å². The van der Waals surface area contributed by atoms with Crippen LogP contribution in [-0.4, -0.2) is 21.1 Å². The average molecular weight is 412 g/mol. The fourth-order valence-corrected chi connectivity index (χ4v) is 3.27. The van der Waals surface area contributed by atoms with Gasteiger partial charge in [-0.3, -0.25) is 9.67 Å². The van der Waals surface area contributed by atoms with Crippen molar-refractivity contribution in [2.75, 3.05) is 5.32 Å². The summed E-state index contributed by atoms with van der Waals surface area (Å²) in [6, 6.07) is 20.2. The highest BCUT2D eigenvalue weighted by molar-refractivity contribution is 5.78. The van der Waals surface area contributed by atoms with Gasteiger partial charge in [0.25, 0.3) is 0 Å². The van der Waals surface area contributed by atoms with Gasteiger partial charge in [-0.25, -0.2) is 4.99 Å². The van der Waals surface area contributed by atoms with E-state index in [1.54, 1.807) is 23.4 Å².